The number of hydrogen-bond donors (Lipinski definition) is 2. The average molecular weight is 543 g/mol. The summed E-state index contributed by atoms with van der Waals surface area (Å²) >= 11 is 0. The lowest BCUT2D eigenvalue weighted by molar-refractivity contribution is -0.150. The minimum Gasteiger partial charge on any atom is -0.481 e. The number of rotatable bonds is 12. The van der Waals surface area contributed by atoms with Crippen molar-refractivity contribution in [1.82, 2.24) is 20.0 Å². The number of piperidine rings is 1. The molecule has 5 rings (SSSR count). The van der Waals surface area contributed by atoms with Gasteiger partial charge in [-0.15, -0.1) is 0 Å². The lowest BCUT2D eigenvalue weighted by atomic mass is 9.74. The molecule has 6 nitrogen and oxygen atoms in total. The Balaban J connectivity index is 1.17. The SMILES string of the molecule is CCn1nc(Cc2ccccc2)cc1C1CCN(CC[C@H](NCC2(C(=O)O)CCCCC2)c2ccccc2)CC1. The third-order valence-electron chi connectivity index (χ3n) is 9.28. The molecule has 2 aliphatic rings. The lowest BCUT2D eigenvalue weighted by Crippen LogP contribution is -2.44. The molecular formula is C34H46N4O2. The molecule has 1 aliphatic carbocycles. The van der Waals surface area contributed by atoms with Crippen molar-refractivity contribution in [1.29, 1.82) is 0 Å². The first-order valence-electron chi connectivity index (χ1n) is 15.4. The maximum atomic E-state index is 12.3. The molecule has 0 unspecified atom stereocenters. The van der Waals surface area contributed by atoms with Crippen molar-refractivity contribution >= 4 is 5.97 Å². The Hall–Kier alpha value is -2.96. The van der Waals surface area contributed by atoms with E-state index in [4.69, 9.17) is 5.10 Å². The van der Waals surface area contributed by atoms with Crippen molar-refractivity contribution in [3.05, 3.63) is 89.2 Å². The van der Waals surface area contributed by atoms with Crippen LogP contribution < -0.4 is 5.32 Å². The molecule has 6 heteroatoms. The van der Waals surface area contributed by atoms with E-state index >= 15 is 0 Å². The molecule has 1 atom stereocenters. The zero-order valence-electron chi connectivity index (χ0n) is 24.1. The van der Waals surface area contributed by atoms with Crippen LogP contribution in [-0.4, -0.2) is 51.9 Å². The van der Waals surface area contributed by atoms with Crippen LogP contribution in [0.5, 0.6) is 0 Å². The molecule has 2 aromatic carbocycles. The maximum Gasteiger partial charge on any atom is 0.310 e. The van der Waals surface area contributed by atoms with E-state index in [-0.39, 0.29) is 6.04 Å². The first-order chi connectivity index (χ1) is 19.6. The fourth-order valence-electron chi connectivity index (χ4n) is 6.81. The standard InChI is InChI=1S/C34H46N4O2/c1-2-38-32(25-30(36-38)24-27-12-6-3-7-13-27)29-16-21-37(22-17-29)23-18-31(28-14-8-4-9-15-28)35-26-34(33(39)40)19-10-5-11-20-34/h3-4,6-9,12-15,25,29,31,35H,2,5,10-11,16-24,26H2,1H3,(H,39,40)/t31-/m0/s1. The molecular weight excluding hydrogens is 496 g/mol. The highest BCUT2D eigenvalue weighted by atomic mass is 16.4. The van der Waals surface area contributed by atoms with Crippen LogP contribution in [0.25, 0.3) is 0 Å². The van der Waals surface area contributed by atoms with Gasteiger partial charge in [0.2, 0.25) is 0 Å². The van der Waals surface area contributed by atoms with E-state index < -0.39 is 11.4 Å². The molecule has 2 fully saturated rings. The van der Waals surface area contributed by atoms with Crippen LogP contribution in [0.2, 0.25) is 0 Å². The van der Waals surface area contributed by atoms with E-state index in [1.54, 1.807) is 0 Å². The number of hydrogen-bond acceptors (Lipinski definition) is 4. The molecule has 1 saturated carbocycles. The summed E-state index contributed by atoms with van der Waals surface area (Å²) in [6.07, 6.45) is 8.94. The number of likely N-dealkylation sites (tertiary alicyclic amines) is 1. The second-order valence-electron chi connectivity index (χ2n) is 11.9. The molecule has 40 heavy (non-hydrogen) atoms. The van der Waals surface area contributed by atoms with Gasteiger partial charge in [-0.3, -0.25) is 9.48 Å². The van der Waals surface area contributed by atoms with Gasteiger partial charge in [-0.05, 0) is 75.9 Å². The van der Waals surface area contributed by atoms with Gasteiger partial charge in [-0.25, -0.2) is 0 Å². The molecule has 1 saturated heterocycles. The van der Waals surface area contributed by atoms with Crippen LogP contribution in [0.1, 0.15) is 92.8 Å². The summed E-state index contributed by atoms with van der Waals surface area (Å²) < 4.78 is 2.22. The number of carboxylic acids is 1. The number of aliphatic carboxylic acids is 1. The molecule has 214 valence electrons. The molecule has 0 spiro atoms. The molecule has 0 bridgehead atoms. The number of benzene rings is 2. The highest BCUT2D eigenvalue weighted by Crippen LogP contribution is 2.37. The largest absolute Gasteiger partial charge is 0.481 e. The molecule has 1 aliphatic heterocycles. The summed E-state index contributed by atoms with van der Waals surface area (Å²) in [5.74, 6) is -0.0789. The third-order valence-corrected chi connectivity index (χ3v) is 9.28. The Morgan fingerprint density at radius 3 is 2.35 bits per heavy atom. The first-order valence-corrected chi connectivity index (χ1v) is 15.4. The van der Waals surface area contributed by atoms with Crippen molar-refractivity contribution in [2.45, 2.75) is 83.2 Å². The average Bonchev–Trinajstić information content (AvgIpc) is 3.41. The lowest BCUT2D eigenvalue weighted by Gasteiger charge is -2.36. The van der Waals surface area contributed by atoms with E-state index in [9.17, 15) is 9.90 Å². The van der Waals surface area contributed by atoms with Crippen LogP contribution in [0, 0.1) is 5.41 Å². The van der Waals surface area contributed by atoms with E-state index in [0.717, 1.165) is 84.0 Å². The summed E-state index contributed by atoms with van der Waals surface area (Å²) in [6, 6.07) is 23.7. The van der Waals surface area contributed by atoms with Crippen LogP contribution in [0.15, 0.2) is 66.7 Å². The fraction of sp³-hybridized carbons (Fsp3) is 0.529. The number of carbonyl (C=O) groups is 1. The molecule has 2 heterocycles. The van der Waals surface area contributed by atoms with Gasteiger partial charge in [0, 0.05) is 37.2 Å². The quantitative estimate of drug-likeness (QED) is 0.276. The zero-order valence-corrected chi connectivity index (χ0v) is 24.1. The summed E-state index contributed by atoms with van der Waals surface area (Å²) in [5, 5.41) is 18.7. The van der Waals surface area contributed by atoms with E-state index in [2.05, 4.69) is 88.6 Å². The normalized spacial score (nSPS) is 18.9. The predicted octanol–water partition coefficient (Wildman–Crippen LogP) is 6.43. The van der Waals surface area contributed by atoms with Crippen molar-refractivity contribution in [2.75, 3.05) is 26.2 Å². The third kappa shape index (κ3) is 7.02. The molecule has 2 N–H and O–H groups in total. The smallest absolute Gasteiger partial charge is 0.310 e. The Morgan fingerprint density at radius 1 is 1.02 bits per heavy atom. The Morgan fingerprint density at radius 2 is 1.70 bits per heavy atom. The number of carboxylic acid groups (broad SMARTS) is 1. The van der Waals surface area contributed by atoms with Gasteiger partial charge in [-0.1, -0.05) is 79.9 Å². The van der Waals surface area contributed by atoms with E-state index in [1.807, 2.05) is 0 Å². The highest BCUT2D eigenvalue weighted by Gasteiger charge is 2.39. The van der Waals surface area contributed by atoms with Gasteiger partial charge in [0.1, 0.15) is 0 Å². The Bertz CT molecular complexity index is 1200. The van der Waals surface area contributed by atoms with Crippen molar-refractivity contribution in [3.63, 3.8) is 0 Å². The first kappa shape index (κ1) is 28.6. The van der Waals surface area contributed by atoms with Crippen LogP contribution in [-0.2, 0) is 17.8 Å². The monoisotopic (exact) mass is 542 g/mol. The molecule has 0 amide bonds. The van der Waals surface area contributed by atoms with Gasteiger partial charge in [0.25, 0.3) is 0 Å². The van der Waals surface area contributed by atoms with Crippen molar-refractivity contribution in [2.24, 2.45) is 5.41 Å². The summed E-state index contributed by atoms with van der Waals surface area (Å²) in [5.41, 5.74) is 4.50. The topological polar surface area (TPSA) is 70.4 Å². The Kier molecular flexibility index (Phi) is 9.71. The van der Waals surface area contributed by atoms with E-state index in [0.29, 0.717) is 12.5 Å². The van der Waals surface area contributed by atoms with Crippen LogP contribution in [0.4, 0.5) is 0 Å². The van der Waals surface area contributed by atoms with Gasteiger partial charge >= 0.3 is 5.97 Å². The van der Waals surface area contributed by atoms with Crippen molar-refractivity contribution in [3.8, 4) is 0 Å². The second kappa shape index (κ2) is 13.6. The maximum absolute atomic E-state index is 12.3. The molecule has 1 aromatic heterocycles. The second-order valence-corrected chi connectivity index (χ2v) is 11.9. The minimum absolute atomic E-state index is 0.166. The van der Waals surface area contributed by atoms with Gasteiger partial charge in [-0.2, -0.15) is 5.10 Å². The summed E-state index contributed by atoms with van der Waals surface area (Å²) in [7, 11) is 0. The summed E-state index contributed by atoms with van der Waals surface area (Å²) in [4.78, 5) is 14.9. The zero-order chi connectivity index (χ0) is 27.8. The Labute approximate surface area is 239 Å². The highest BCUT2D eigenvalue weighted by molar-refractivity contribution is 5.75. The number of nitrogens with one attached hydrogen (secondary N) is 1. The number of aryl methyl sites for hydroxylation is 1. The van der Waals surface area contributed by atoms with Gasteiger partial charge < -0.3 is 15.3 Å². The summed E-state index contributed by atoms with van der Waals surface area (Å²) in [6.45, 7) is 6.85. The van der Waals surface area contributed by atoms with Crippen LogP contribution >= 0.6 is 0 Å². The molecule has 0 radical (unpaired) electrons. The van der Waals surface area contributed by atoms with Crippen molar-refractivity contribution < 1.29 is 9.90 Å². The van der Waals surface area contributed by atoms with Gasteiger partial charge in [0.05, 0.1) is 11.1 Å². The number of nitrogens with zero attached hydrogens (tertiary/aromatic N) is 3. The number of aromatic nitrogens is 2. The minimum atomic E-state index is -0.633. The molecule has 3 aromatic rings. The van der Waals surface area contributed by atoms with E-state index in [1.165, 1.54) is 22.5 Å². The fourth-order valence-corrected chi connectivity index (χ4v) is 6.81. The van der Waals surface area contributed by atoms with Crippen LogP contribution in [0.3, 0.4) is 0 Å². The van der Waals surface area contributed by atoms with Gasteiger partial charge in [0.15, 0.2) is 0 Å². The predicted molar refractivity (Wildman–Crippen MR) is 161 cm³/mol.